The standard InChI is InChI=1S/C14H21ClN2O/c1-17(2)7-3-6-16-10-13-9-11-8-12(15)4-5-14(11)18-13/h4-5,8,13,16H,3,6-7,9-10H2,1-2H3. The summed E-state index contributed by atoms with van der Waals surface area (Å²) in [7, 11) is 4.20. The van der Waals surface area contributed by atoms with Gasteiger partial charge >= 0.3 is 0 Å². The summed E-state index contributed by atoms with van der Waals surface area (Å²) in [6, 6.07) is 5.85. The van der Waals surface area contributed by atoms with Crippen molar-refractivity contribution in [3.8, 4) is 5.75 Å². The molecule has 1 atom stereocenters. The Morgan fingerprint density at radius 2 is 2.28 bits per heavy atom. The predicted molar refractivity (Wildman–Crippen MR) is 75.6 cm³/mol. The van der Waals surface area contributed by atoms with E-state index in [1.54, 1.807) is 0 Å². The van der Waals surface area contributed by atoms with E-state index in [-0.39, 0.29) is 6.10 Å². The second-order valence-corrected chi connectivity index (χ2v) is 5.49. The van der Waals surface area contributed by atoms with Crippen molar-refractivity contribution in [2.75, 3.05) is 33.7 Å². The average molecular weight is 269 g/mol. The molecule has 0 fully saturated rings. The molecule has 1 unspecified atom stereocenters. The molecule has 1 heterocycles. The molecule has 3 nitrogen and oxygen atoms in total. The Morgan fingerprint density at radius 1 is 1.44 bits per heavy atom. The van der Waals surface area contributed by atoms with Gasteiger partial charge in [-0.2, -0.15) is 0 Å². The maximum atomic E-state index is 5.97. The molecule has 0 saturated heterocycles. The van der Waals surface area contributed by atoms with Crippen LogP contribution in [0.2, 0.25) is 5.02 Å². The monoisotopic (exact) mass is 268 g/mol. The van der Waals surface area contributed by atoms with Crippen LogP contribution in [0.5, 0.6) is 5.75 Å². The highest BCUT2D eigenvalue weighted by atomic mass is 35.5. The Labute approximate surface area is 114 Å². The number of rotatable bonds is 6. The van der Waals surface area contributed by atoms with Gasteiger partial charge in [-0.15, -0.1) is 0 Å². The molecule has 1 N–H and O–H groups in total. The lowest BCUT2D eigenvalue weighted by Crippen LogP contribution is -2.31. The SMILES string of the molecule is CN(C)CCCNCC1Cc2cc(Cl)ccc2O1. The van der Waals surface area contributed by atoms with Crippen molar-refractivity contribution in [3.05, 3.63) is 28.8 Å². The van der Waals surface area contributed by atoms with Crippen LogP contribution in [-0.4, -0.2) is 44.7 Å². The zero-order chi connectivity index (χ0) is 13.0. The van der Waals surface area contributed by atoms with Crippen molar-refractivity contribution < 1.29 is 4.74 Å². The van der Waals surface area contributed by atoms with Crippen molar-refractivity contribution in [1.29, 1.82) is 0 Å². The number of hydrogen-bond donors (Lipinski definition) is 1. The molecule has 1 aromatic carbocycles. The van der Waals surface area contributed by atoms with E-state index < -0.39 is 0 Å². The van der Waals surface area contributed by atoms with Gasteiger partial charge in [0.1, 0.15) is 11.9 Å². The summed E-state index contributed by atoms with van der Waals surface area (Å²) in [5.74, 6) is 0.986. The minimum absolute atomic E-state index is 0.248. The van der Waals surface area contributed by atoms with E-state index in [9.17, 15) is 0 Å². The zero-order valence-corrected chi connectivity index (χ0v) is 11.8. The zero-order valence-electron chi connectivity index (χ0n) is 11.1. The topological polar surface area (TPSA) is 24.5 Å². The summed E-state index contributed by atoms with van der Waals surface area (Å²) in [5.41, 5.74) is 1.22. The fourth-order valence-corrected chi connectivity index (χ4v) is 2.38. The van der Waals surface area contributed by atoms with Gasteiger partial charge in [0, 0.05) is 18.0 Å². The largest absolute Gasteiger partial charge is 0.488 e. The van der Waals surface area contributed by atoms with Crippen LogP contribution in [-0.2, 0) is 6.42 Å². The number of halogens is 1. The molecule has 100 valence electrons. The number of ether oxygens (including phenoxy) is 1. The first-order chi connectivity index (χ1) is 8.65. The van der Waals surface area contributed by atoms with E-state index >= 15 is 0 Å². The minimum atomic E-state index is 0.248. The maximum absolute atomic E-state index is 5.97. The summed E-state index contributed by atoms with van der Waals surface area (Å²) in [6.45, 7) is 3.06. The van der Waals surface area contributed by atoms with Crippen LogP contribution in [0.3, 0.4) is 0 Å². The van der Waals surface area contributed by atoms with E-state index in [1.807, 2.05) is 18.2 Å². The van der Waals surface area contributed by atoms with Gasteiger partial charge in [-0.25, -0.2) is 0 Å². The number of nitrogens with zero attached hydrogens (tertiary/aromatic N) is 1. The first-order valence-electron chi connectivity index (χ1n) is 6.45. The fourth-order valence-electron chi connectivity index (χ4n) is 2.19. The number of benzene rings is 1. The average Bonchev–Trinajstić information content (AvgIpc) is 2.70. The van der Waals surface area contributed by atoms with Gasteiger partial charge in [-0.05, 0) is 57.4 Å². The molecule has 1 aromatic rings. The van der Waals surface area contributed by atoms with Gasteiger partial charge in [0.2, 0.25) is 0 Å². The van der Waals surface area contributed by atoms with Gasteiger partial charge in [0.05, 0.1) is 0 Å². The van der Waals surface area contributed by atoms with Gasteiger partial charge in [0.15, 0.2) is 0 Å². The fraction of sp³-hybridized carbons (Fsp3) is 0.571. The molecule has 0 radical (unpaired) electrons. The quantitative estimate of drug-likeness (QED) is 0.801. The highest BCUT2D eigenvalue weighted by molar-refractivity contribution is 6.30. The third-order valence-electron chi connectivity index (χ3n) is 3.09. The predicted octanol–water partition coefficient (Wildman–Crippen LogP) is 2.18. The normalized spacial score (nSPS) is 17.9. The van der Waals surface area contributed by atoms with Crippen LogP contribution in [0.25, 0.3) is 0 Å². The summed E-state index contributed by atoms with van der Waals surface area (Å²) in [6.07, 6.45) is 2.37. The lowest BCUT2D eigenvalue weighted by atomic mass is 10.1. The van der Waals surface area contributed by atoms with Crippen molar-refractivity contribution in [1.82, 2.24) is 10.2 Å². The Bertz CT molecular complexity index is 395. The summed E-state index contributed by atoms with van der Waals surface area (Å²) >= 11 is 5.97. The molecule has 0 saturated carbocycles. The lowest BCUT2D eigenvalue weighted by molar-refractivity contribution is 0.227. The second kappa shape index (κ2) is 6.41. The molecule has 0 aliphatic carbocycles. The van der Waals surface area contributed by atoms with Crippen molar-refractivity contribution in [2.45, 2.75) is 18.9 Å². The molecule has 0 amide bonds. The van der Waals surface area contributed by atoms with Gasteiger partial charge in [-0.1, -0.05) is 11.6 Å². The van der Waals surface area contributed by atoms with E-state index in [0.717, 1.165) is 36.8 Å². The summed E-state index contributed by atoms with van der Waals surface area (Å²) in [4.78, 5) is 2.20. The number of nitrogens with one attached hydrogen (secondary N) is 1. The van der Waals surface area contributed by atoms with Crippen LogP contribution in [0.1, 0.15) is 12.0 Å². The molecule has 18 heavy (non-hydrogen) atoms. The van der Waals surface area contributed by atoms with Crippen LogP contribution < -0.4 is 10.1 Å². The Hall–Kier alpha value is -0.770. The Balaban J connectivity index is 1.68. The molecule has 0 bridgehead atoms. The van der Waals surface area contributed by atoms with Crippen molar-refractivity contribution >= 4 is 11.6 Å². The van der Waals surface area contributed by atoms with Crippen LogP contribution in [0.15, 0.2) is 18.2 Å². The van der Waals surface area contributed by atoms with Gasteiger partial charge < -0.3 is 15.0 Å². The van der Waals surface area contributed by atoms with Crippen LogP contribution >= 0.6 is 11.6 Å². The first kappa shape index (κ1) is 13.7. The van der Waals surface area contributed by atoms with Gasteiger partial charge in [0.25, 0.3) is 0 Å². The Kier molecular flexibility index (Phi) is 4.87. The van der Waals surface area contributed by atoms with Crippen molar-refractivity contribution in [3.63, 3.8) is 0 Å². The van der Waals surface area contributed by atoms with E-state index in [1.165, 1.54) is 12.0 Å². The van der Waals surface area contributed by atoms with E-state index in [4.69, 9.17) is 16.3 Å². The lowest BCUT2D eigenvalue weighted by Gasteiger charge is -2.13. The van der Waals surface area contributed by atoms with Crippen LogP contribution in [0.4, 0.5) is 0 Å². The minimum Gasteiger partial charge on any atom is -0.488 e. The Morgan fingerprint density at radius 3 is 3.06 bits per heavy atom. The third kappa shape index (κ3) is 3.87. The molecule has 0 spiro atoms. The highest BCUT2D eigenvalue weighted by Crippen LogP contribution is 2.30. The van der Waals surface area contributed by atoms with E-state index in [0.29, 0.717) is 0 Å². The first-order valence-corrected chi connectivity index (χ1v) is 6.83. The molecule has 0 aromatic heterocycles. The molecule has 1 aliphatic heterocycles. The molecule has 4 heteroatoms. The van der Waals surface area contributed by atoms with Crippen LogP contribution in [0, 0.1) is 0 Å². The molecule has 2 rings (SSSR count). The summed E-state index contributed by atoms with van der Waals surface area (Å²) in [5, 5.41) is 4.24. The third-order valence-corrected chi connectivity index (χ3v) is 3.33. The summed E-state index contributed by atoms with van der Waals surface area (Å²) < 4.78 is 5.86. The number of hydrogen-bond acceptors (Lipinski definition) is 3. The van der Waals surface area contributed by atoms with Gasteiger partial charge in [-0.3, -0.25) is 0 Å². The maximum Gasteiger partial charge on any atom is 0.123 e. The number of fused-ring (bicyclic) bond motifs is 1. The second-order valence-electron chi connectivity index (χ2n) is 5.06. The molecule has 1 aliphatic rings. The molecular formula is C14H21ClN2O. The highest BCUT2D eigenvalue weighted by Gasteiger charge is 2.22. The molecular weight excluding hydrogens is 248 g/mol. The van der Waals surface area contributed by atoms with E-state index in [2.05, 4.69) is 24.3 Å². The smallest absolute Gasteiger partial charge is 0.123 e. The van der Waals surface area contributed by atoms with Crippen molar-refractivity contribution in [2.24, 2.45) is 0 Å².